The van der Waals surface area contributed by atoms with E-state index >= 15 is 0 Å². The molecule has 6 nitrogen and oxygen atoms in total. The van der Waals surface area contributed by atoms with Gasteiger partial charge in [0.25, 0.3) is 0 Å². The number of aliphatic hydroxyl groups is 2. The summed E-state index contributed by atoms with van der Waals surface area (Å²) in [7, 11) is 0. The molecule has 2 fully saturated rings. The van der Waals surface area contributed by atoms with Gasteiger partial charge in [-0.1, -0.05) is 0 Å². The molecule has 2 aliphatic rings. The third-order valence-electron chi connectivity index (χ3n) is 6.85. The number of piperazine rings is 1. The molecule has 0 bridgehead atoms. The van der Waals surface area contributed by atoms with Gasteiger partial charge in [-0.2, -0.15) is 0 Å². The molecule has 0 aromatic carbocycles. The highest BCUT2D eigenvalue weighted by Gasteiger charge is 2.34. The van der Waals surface area contributed by atoms with Crippen LogP contribution in [-0.4, -0.2) is 120 Å². The number of β-amino-alcohol motifs (C(OH)–C–C–N with tert-alkyl or cyclic N) is 2. The first-order valence-electron chi connectivity index (χ1n) is 10.9. The van der Waals surface area contributed by atoms with E-state index in [9.17, 15) is 5.11 Å². The number of aliphatic hydroxyl groups excluding tert-OH is 2. The smallest absolute Gasteiger partial charge is 0.0558 e. The van der Waals surface area contributed by atoms with Crippen molar-refractivity contribution >= 4 is 0 Å². The maximum atomic E-state index is 9.20. The molecule has 2 N–H and O–H groups in total. The minimum absolute atomic E-state index is 0.213. The van der Waals surface area contributed by atoms with Gasteiger partial charge < -0.3 is 10.2 Å². The standard InChI is InChI=1S/C21H44N4O2/c1-20(2,24-9-5-8-22(10-13-24)16-18-26)6-7-21(3,4)25-14-11-23(12-15-25)17-19-27/h26-27H,5-19H2,1-4H3. The van der Waals surface area contributed by atoms with E-state index in [1.807, 2.05) is 0 Å². The van der Waals surface area contributed by atoms with Crippen molar-refractivity contribution in [1.82, 2.24) is 19.6 Å². The van der Waals surface area contributed by atoms with Gasteiger partial charge in [0.2, 0.25) is 0 Å². The van der Waals surface area contributed by atoms with Crippen LogP contribution in [0.15, 0.2) is 0 Å². The molecule has 27 heavy (non-hydrogen) atoms. The van der Waals surface area contributed by atoms with E-state index in [2.05, 4.69) is 47.3 Å². The minimum Gasteiger partial charge on any atom is -0.395 e. The Morgan fingerprint density at radius 1 is 0.593 bits per heavy atom. The first-order chi connectivity index (χ1) is 12.8. The van der Waals surface area contributed by atoms with Crippen LogP contribution < -0.4 is 0 Å². The van der Waals surface area contributed by atoms with Crippen LogP contribution in [-0.2, 0) is 0 Å². The lowest BCUT2D eigenvalue weighted by Gasteiger charge is -2.46. The van der Waals surface area contributed by atoms with E-state index in [1.165, 1.54) is 19.3 Å². The topological polar surface area (TPSA) is 53.4 Å². The average molecular weight is 385 g/mol. The molecule has 2 saturated heterocycles. The molecule has 2 heterocycles. The van der Waals surface area contributed by atoms with Gasteiger partial charge in [0, 0.05) is 63.4 Å². The maximum Gasteiger partial charge on any atom is 0.0558 e. The lowest BCUT2D eigenvalue weighted by Crippen LogP contribution is -2.56. The zero-order valence-electron chi connectivity index (χ0n) is 18.3. The maximum absolute atomic E-state index is 9.20. The second kappa shape index (κ2) is 10.5. The quantitative estimate of drug-likeness (QED) is 0.617. The molecule has 2 aliphatic heterocycles. The summed E-state index contributed by atoms with van der Waals surface area (Å²) in [5.74, 6) is 0. The van der Waals surface area contributed by atoms with E-state index in [0.717, 1.165) is 65.4 Å². The molecule has 0 aromatic heterocycles. The molecule has 0 atom stereocenters. The van der Waals surface area contributed by atoms with E-state index in [-0.39, 0.29) is 24.3 Å². The summed E-state index contributed by atoms with van der Waals surface area (Å²) in [6.07, 6.45) is 3.60. The number of rotatable bonds is 9. The van der Waals surface area contributed by atoms with Crippen LogP contribution in [0.25, 0.3) is 0 Å². The molecule has 0 radical (unpaired) electrons. The third kappa shape index (κ3) is 6.94. The molecule has 0 aromatic rings. The van der Waals surface area contributed by atoms with Crippen molar-refractivity contribution in [1.29, 1.82) is 0 Å². The summed E-state index contributed by atoms with van der Waals surface area (Å²) in [4.78, 5) is 10.1. The molecule has 2 rings (SSSR count). The second-order valence-corrected chi connectivity index (χ2v) is 9.58. The van der Waals surface area contributed by atoms with Crippen LogP contribution in [0.5, 0.6) is 0 Å². The summed E-state index contributed by atoms with van der Waals surface area (Å²) in [5, 5.41) is 18.3. The van der Waals surface area contributed by atoms with Crippen molar-refractivity contribution in [2.75, 3.05) is 78.7 Å². The van der Waals surface area contributed by atoms with E-state index in [4.69, 9.17) is 5.11 Å². The number of hydrogen-bond acceptors (Lipinski definition) is 6. The zero-order valence-corrected chi connectivity index (χ0v) is 18.3. The fourth-order valence-corrected chi connectivity index (χ4v) is 4.59. The van der Waals surface area contributed by atoms with Gasteiger partial charge in [-0.3, -0.25) is 19.6 Å². The van der Waals surface area contributed by atoms with Crippen LogP contribution in [0.2, 0.25) is 0 Å². The molecule has 0 saturated carbocycles. The summed E-state index contributed by atoms with van der Waals surface area (Å²) in [6, 6.07) is 0. The molecular formula is C21H44N4O2. The zero-order chi connectivity index (χ0) is 19.9. The Morgan fingerprint density at radius 3 is 1.44 bits per heavy atom. The lowest BCUT2D eigenvalue weighted by atomic mass is 9.86. The minimum atomic E-state index is 0.213. The molecule has 160 valence electrons. The van der Waals surface area contributed by atoms with Crippen molar-refractivity contribution in [2.24, 2.45) is 0 Å². The highest BCUT2D eigenvalue weighted by atomic mass is 16.3. The van der Waals surface area contributed by atoms with Crippen LogP contribution >= 0.6 is 0 Å². The van der Waals surface area contributed by atoms with Gasteiger partial charge in [-0.25, -0.2) is 0 Å². The van der Waals surface area contributed by atoms with Crippen LogP contribution in [0.3, 0.4) is 0 Å². The molecule has 0 amide bonds. The number of hydrogen-bond donors (Lipinski definition) is 2. The third-order valence-corrected chi connectivity index (χ3v) is 6.85. The highest BCUT2D eigenvalue weighted by molar-refractivity contribution is 4.91. The molecule has 0 aliphatic carbocycles. The first-order valence-corrected chi connectivity index (χ1v) is 10.9. The van der Waals surface area contributed by atoms with Crippen molar-refractivity contribution < 1.29 is 10.2 Å². The Bertz CT molecular complexity index is 422. The van der Waals surface area contributed by atoms with Gasteiger partial charge in [-0.05, 0) is 60.0 Å². The summed E-state index contributed by atoms with van der Waals surface area (Å²) < 4.78 is 0. The predicted molar refractivity (Wildman–Crippen MR) is 112 cm³/mol. The van der Waals surface area contributed by atoms with E-state index in [0.29, 0.717) is 0 Å². The van der Waals surface area contributed by atoms with Gasteiger partial charge in [0.15, 0.2) is 0 Å². The SMILES string of the molecule is CC(C)(CCC(C)(C)N1CCN(CCO)CC1)N1CCCN(CCO)CC1. The Kier molecular flexibility index (Phi) is 8.97. The largest absolute Gasteiger partial charge is 0.395 e. The van der Waals surface area contributed by atoms with Crippen LogP contribution in [0.4, 0.5) is 0 Å². The van der Waals surface area contributed by atoms with E-state index in [1.54, 1.807) is 0 Å². The lowest BCUT2D eigenvalue weighted by molar-refractivity contribution is 0.0266. The second-order valence-electron chi connectivity index (χ2n) is 9.58. The normalized spacial score (nSPS) is 22.9. The van der Waals surface area contributed by atoms with Gasteiger partial charge in [0.05, 0.1) is 13.2 Å². The summed E-state index contributed by atoms with van der Waals surface area (Å²) >= 11 is 0. The highest BCUT2D eigenvalue weighted by Crippen LogP contribution is 2.29. The molecular weight excluding hydrogens is 340 g/mol. The van der Waals surface area contributed by atoms with Crippen molar-refractivity contribution in [2.45, 2.75) is 58.0 Å². The monoisotopic (exact) mass is 384 g/mol. The Balaban J connectivity index is 1.82. The number of nitrogens with zero attached hydrogens (tertiary/aromatic N) is 4. The van der Waals surface area contributed by atoms with Gasteiger partial charge >= 0.3 is 0 Å². The van der Waals surface area contributed by atoms with Crippen LogP contribution in [0, 0.1) is 0 Å². The Hall–Kier alpha value is -0.240. The Morgan fingerprint density at radius 2 is 1.00 bits per heavy atom. The molecule has 0 unspecified atom stereocenters. The first kappa shape index (κ1) is 23.0. The van der Waals surface area contributed by atoms with Crippen LogP contribution in [0.1, 0.15) is 47.0 Å². The van der Waals surface area contributed by atoms with Crippen molar-refractivity contribution in [3.63, 3.8) is 0 Å². The van der Waals surface area contributed by atoms with Gasteiger partial charge in [0.1, 0.15) is 0 Å². The van der Waals surface area contributed by atoms with Gasteiger partial charge in [-0.15, -0.1) is 0 Å². The Labute approximate surface area is 167 Å². The molecule has 0 spiro atoms. The van der Waals surface area contributed by atoms with E-state index < -0.39 is 0 Å². The average Bonchev–Trinajstić information content (AvgIpc) is 2.88. The fraction of sp³-hybridized carbons (Fsp3) is 1.00. The van der Waals surface area contributed by atoms with Crippen molar-refractivity contribution in [3.8, 4) is 0 Å². The fourth-order valence-electron chi connectivity index (χ4n) is 4.59. The predicted octanol–water partition coefficient (Wildman–Crippen LogP) is 0.934. The van der Waals surface area contributed by atoms with Crippen molar-refractivity contribution in [3.05, 3.63) is 0 Å². The molecule has 6 heteroatoms. The summed E-state index contributed by atoms with van der Waals surface area (Å²) in [5.41, 5.74) is 0.433. The summed E-state index contributed by atoms with van der Waals surface area (Å²) in [6.45, 7) is 20.6.